The van der Waals surface area contributed by atoms with Crippen LogP contribution in [-0.4, -0.2) is 19.3 Å². The second-order valence-electron chi connectivity index (χ2n) is 17.9. The summed E-state index contributed by atoms with van der Waals surface area (Å²) in [5, 5.41) is 26.4. The van der Waals surface area contributed by atoms with E-state index in [0.29, 0.717) is 17.9 Å². The Morgan fingerprint density at radius 3 is 1.47 bits per heavy atom. The molecule has 59 heavy (non-hydrogen) atoms. The second kappa shape index (κ2) is 15.3. The van der Waals surface area contributed by atoms with Gasteiger partial charge in [0.1, 0.15) is 11.5 Å². The zero-order valence-corrected chi connectivity index (χ0v) is 35.5. The second-order valence-corrected chi connectivity index (χ2v) is 17.9. The first-order chi connectivity index (χ1) is 28.2. The van der Waals surface area contributed by atoms with E-state index in [1.54, 1.807) is 0 Å². The van der Waals surface area contributed by atoms with Crippen LogP contribution in [0.1, 0.15) is 74.9 Å². The van der Waals surface area contributed by atoms with E-state index in [0.717, 1.165) is 89.1 Å². The maximum atomic E-state index is 12.1. The summed E-state index contributed by atoms with van der Waals surface area (Å²) in [7, 11) is 0. The highest BCUT2D eigenvalue weighted by Crippen LogP contribution is 2.47. The standard InChI is InChI=1S/C55H54N2O2/c1-36-32-44(52(58)46(34-36)54(3,4)5)50-42(40-26-18-20-30-48(40)56(50)38-22-12-9-13-23-38)28-16-11-17-29-43-41-27-19-21-31-49(41)57(39-24-14-10-15-25-39)51(43)45-33-37(2)35-47(53(45)59)55(6,7)8/h9-28,30-35,58-59H,29H2,1-8H3/b17-11-,28-16+. The Bertz CT molecular complexity index is 2890. The summed E-state index contributed by atoms with van der Waals surface area (Å²) in [6.45, 7) is 17.1. The first-order valence-corrected chi connectivity index (χ1v) is 20.6. The van der Waals surface area contributed by atoms with E-state index in [2.05, 4.69) is 210 Å². The Morgan fingerprint density at radius 2 is 0.949 bits per heavy atom. The molecule has 4 nitrogen and oxygen atoms in total. The lowest BCUT2D eigenvalue weighted by molar-refractivity contribution is 0.447. The lowest BCUT2D eigenvalue weighted by Gasteiger charge is -2.24. The van der Waals surface area contributed by atoms with Crippen molar-refractivity contribution in [1.82, 2.24) is 9.13 Å². The van der Waals surface area contributed by atoms with Crippen molar-refractivity contribution in [1.29, 1.82) is 0 Å². The molecule has 296 valence electrons. The molecular weight excluding hydrogens is 721 g/mol. The predicted molar refractivity (Wildman–Crippen MR) is 250 cm³/mol. The van der Waals surface area contributed by atoms with Crippen molar-refractivity contribution in [2.45, 2.75) is 72.6 Å². The quantitative estimate of drug-likeness (QED) is 0.151. The van der Waals surface area contributed by atoms with Crippen LogP contribution in [0, 0.1) is 13.8 Å². The molecule has 8 rings (SSSR count). The third kappa shape index (κ3) is 7.29. The molecule has 0 spiro atoms. The number of fused-ring (bicyclic) bond motifs is 2. The summed E-state index contributed by atoms with van der Waals surface area (Å²) in [5.74, 6) is 0.634. The summed E-state index contributed by atoms with van der Waals surface area (Å²) < 4.78 is 4.59. The highest BCUT2D eigenvalue weighted by molar-refractivity contribution is 6.00. The monoisotopic (exact) mass is 774 g/mol. The predicted octanol–water partition coefficient (Wildman–Crippen LogP) is 14.3. The van der Waals surface area contributed by atoms with Gasteiger partial charge in [0.25, 0.3) is 0 Å². The lowest BCUT2D eigenvalue weighted by atomic mass is 9.83. The minimum absolute atomic E-state index is 0.245. The number of hydrogen-bond donors (Lipinski definition) is 2. The number of para-hydroxylation sites is 4. The topological polar surface area (TPSA) is 50.3 Å². The molecular formula is C55H54N2O2. The molecule has 0 saturated carbocycles. The van der Waals surface area contributed by atoms with Crippen molar-refractivity contribution in [2.24, 2.45) is 0 Å². The Kier molecular flexibility index (Phi) is 10.2. The fourth-order valence-corrected chi connectivity index (χ4v) is 8.66. The largest absolute Gasteiger partial charge is 0.507 e. The van der Waals surface area contributed by atoms with Gasteiger partial charge in [-0.1, -0.05) is 151 Å². The minimum Gasteiger partial charge on any atom is -0.507 e. The van der Waals surface area contributed by atoms with Gasteiger partial charge >= 0.3 is 0 Å². The average Bonchev–Trinajstić information content (AvgIpc) is 3.71. The van der Waals surface area contributed by atoms with Gasteiger partial charge in [0.15, 0.2) is 0 Å². The molecule has 0 aliphatic carbocycles. The molecule has 2 heterocycles. The Labute approximate surface area is 349 Å². The lowest BCUT2D eigenvalue weighted by Crippen LogP contribution is -2.12. The highest BCUT2D eigenvalue weighted by atomic mass is 16.3. The summed E-state index contributed by atoms with van der Waals surface area (Å²) in [4.78, 5) is 0. The van der Waals surface area contributed by atoms with Crippen LogP contribution in [0.3, 0.4) is 0 Å². The Hall–Kier alpha value is -6.52. The van der Waals surface area contributed by atoms with E-state index in [1.165, 1.54) is 0 Å². The number of aryl methyl sites for hydroxylation is 2. The van der Waals surface area contributed by atoms with Crippen LogP contribution in [0.2, 0.25) is 0 Å². The SMILES string of the molecule is Cc1cc(-c2c(/C=C/C=C\Cc3c(-c4cc(C)cc(C(C)(C)C)c4O)n(-c4ccccc4)c4ccccc34)c3ccccc3n2-c2ccccc2)c(O)c(C(C)(C)C)c1. The Morgan fingerprint density at radius 1 is 0.508 bits per heavy atom. The van der Waals surface area contributed by atoms with Gasteiger partial charge in [-0.3, -0.25) is 0 Å². The van der Waals surface area contributed by atoms with E-state index in [1.807, 2.05) is 12.1 Å². The van der Waals surface area contributed by atoms with Gasteiger partial charge in [0.05, 0.1) is 22.4 Å². The molecule has 4 heteroatoms. The van der Waals surface area contributed by atoms with Crippen LogP contribution >= 0.6 is 0 Å². The molecule has 0 unspecified atom stereocenters. The van der Waals surface area contributed by atoms with Crippen LogP contribution in [0.15, 0.2) is 152 Å². The zero-order valence-electron chi connectivity index (χ0n) is 35.5. The number of hydrogen-bond acceptors (Lipinski definition) is 2. The van der Waals surface area contributed by atoms with Gasteiger partial charge in [-0.2, -0.15) is 0 Å². The molecule has 0 amide bonds. The van der Waals surface area contributed by atoms with Crippen LogP contribution in [-0.2, 0) is 17.3 Å². The first-order valence-electron chi connectivity index (χ1n) is 20.6. The van der Waals surface area contributed by atoms with Gasteiger partial charge in [0.2, 0.25) is 0 Å². The van der Waals surface area contributed by atoms with E-state index in [9.17, 15) is 10.2 Å². The summed E-state index contributed by atoms with van der Waals surface area (Å²) in [5.41, 5.74) is 13.6. The number of aromatic nitrogens is 2. The number of benzene rings is 6. The molecule has 2 aromatic heterocycles. The van der Waals surface area contributed by atoms with Crippen LogP contribution in [0.4, 0.5) is 0 Å². The smallest absolute Gasteiger partial charge is 0.128 e. The van der Waals surface area contributed by atoms with Gasteiger partial charge in [-0.25, -0.2) is 0 Å². The summed E-state index contributed by atoms with van der Waals surface area (Å²) >= 11 is 0. The van der Waals surface area contributed by atoms with Crippen molar-refractivity contribution in [3.8, 4) is 45.4 Å². The fourth-order valence-electron chi connectivity index (χ4n) is 8.66. The van der Waals surface area contributed by atoms with E-state index in [4.69, 9.17) is 0 Å². The molecule has 0 aliphatic rings. The average molecular weight is 775 g/mol. The summed E-state index contributed by atoms with van der Waals surface area (Å²) in [6, 6.07) is 46.4. The molecule has 2 N–H and O–H groups in total. The van der Waals surface area contributed by atoms with Gasteiger partial charge in [0, 0.05) is 50.0 Å². The van der Waals surface area contributed by atoms with Crippen LogP contribution in [0.25, 0.3) is 61.8 Å². The molecule has 0 aliphatic heterocycles. The van der Waals surface area contributed by atoms with Crippen LogP contribution < -0.4 is 0 Å². The first kappa shape index (κ1) is 39.3. The molecule has 0 saturated heterocycles. The number of allylic oxidation sites excluding steroid dienone is 3. The minimum atomic E-state index is -0.251. The third-order valence-corrected chi connectivity index (χ3v) is 11.4. The zero-order chi connectivity index (χ0) is 41.6. The maximum absolute atomic E-state index is 12.1. The van der Waals surface area contributed by atoms with Crippen molar-refractivity contribution >= 4 is 27.9 Å². The number of aromatic hydroxyl groups is 2. The number of nitrogens with zero attached hydrogens (tertiary/aromatic N) is 2. The van der Waals surface area contributed by atoms with E-state index in [-0.39, 0.29) is 10.8 Å². The van der Waals surface area contributed by atoms with Gasteiger partial charge in [-0.05, 0) is 96.3 Å². The normalized spacial score (nSPS) is 12.5. The van der Waals surface area contributed by atoms with Crippen LogP contribution in [0.5, 0.6) is 11.5 Å². The van der Waals surface area contributed by atoms with Gasteiger partial charge in [-0.15, -0.1) is 0 Å². The van der Waals surface area contributed by atoms with Crippen molar-refractivity contribution < 1.29 is 10.2 Å². The van der Waals surface area contributed by atoms with Crippen molar-refractivity contribution in [3.05, 3.63) is 185 Å². The van der Waals surface area contributed by atoms with E-state index < -0.39 is 0 Å². The molecule has 0 atom stereocenters. The molecule has 6 aromatic carbocycles. The summed E-state index contributed by atoms with van der Waals surface area (Å²) in [6.07, 6.45) is 9.29. The van der Waals surface area contributed by atoms with Crippen molar-refractivity contribution in [3.63, 3.8) is 0 Å². The highest BCUT2D eigenvalue weighted by Gasteiger charge is 2.28. The third-order valence-electron chi connectivity index (χ3n) is 11.4. The maximum Gasteiger partial charge on any atom is 0.128 e. The van der Waals surface area contributed by atoms with Gasteiger partial charge < -0.3 is 19.3 Å². The number of phenolic OH excluding ortho intramolecular Hbond substituents is 2. The molecule has 0 radical (unpaired) electrons. The van der Waals surface area contributed by atoms with Crippen molar-refractivity contribution in [2.75, 3.05) is 0 Å². The molecule has 0 bridgehead atoms. The number of rotatable bonds is 8. The van der Waals surface area contributed by atoms with E-state index >= 15 is 0 Å². The molecule has 8 aromatic rings. The Balaban J connectivity index is 1.30. The number of phenols is 2. The molecule has 0 fully saturated rings. The fraction of sp³-hybridized carbons (Fsp3) is 0.200.